The van der Waals surface area contributed by atoms with Gasteiger partial charge in [0.1, 0.15) is 0 Å². The molecule has 0 aliphatic heterocycles. The van der Waals surface area contributed by atoms with E-state index in [0.717, 1.165) is 40.6 Å². The lowest BCUT2D eigenvalue weighted by atomic mass is 10.1. The summed E-state index contributed by atoms with van der Waals surface area (Å²) in [7, 11) is 0. The lowest BCUT2D eigenvalue weighted by Gasteiger charge is -2.09. The van der Waals surface area contributed by atoms with Crippen molar-refractivity contribution in [2.75, 3.05) is 0 Å². The maximum absolute atomic E-state index is 4.91. The van der Waals surface area contributed by atoms with E-state index < -0.39 is 0 Å². The maximum atomic E-state index is 4.91. The minimum absolute atomic E-state index is 0.879. The van der Waals surface area contributed by atoms with Crippen molar-refractivity contribution in [2.24, 2.45) is 9.98 Å². The summed E-state index contributed by atoms with van der Waals surface area (Å²) in [6.45, 7) is 10.4. The van der Waals surface area contributed by atoms with E-state index in [9.17, 15) is 0 Å². The summed E-state index contributed by atoms with van der Waals surface area (Å²) < 4.78 is 0. The highest BCUT2D eigenvalue weighted by molar-refractivity contribution is 6.02. The van der Waals surface area contributed by atoms with Crippen LogP contribution in [0.5, 0.6) is 0 Å². The molecule has 0 bridgehead atoms. The van der Waals surface area contributed by atoms with E-state index in [0.29, 0.717) is 0 Å². The van der Waals surface area contributed by atoms with Gasteiger partial charge in [-0.2, -0.15) is 0 Å². The second-order valence-electron chi connectivity index (χ2n) is 7.78. The average Bonchev–Trinajstić information content (AvgIpc) is 2.75. The lowest BCUT2D eigenvalue weighted by molar-refractivity contribution is 0.795. The van der Waals surface area contributed by atoms with Crippen LogP contribution in [-0.2, 0) is 6.42 Å². The molecule has 3 aromatic rings. The fraction of sp³-hybridized carbons (Fsp3) is 0.296. The molecule has 0 fully saturated rings. The van der Waals surface area contributed by atoms with E-state index >= 15 is 0 Å². The number of benzene rings is 2. The molecule has 3 rings (SSSR count). The molecule has 2 aromatic carbocycles. The highest BCUT2D eigenvalue weighted by Gasteiger charge is 2.08. The molecule has 1 heterocycles. The van der Waals surface area contributed by atoms with Gasteiger partial charge in [0.05, 0.1) is 34.2 Å². The Morgan fingerprint density at radius 3 is 2.03 bits per heavy atom. The normalized spacial score (nSPS) is 12.3. The molecular formula is C27H31N3. The van der Waals surface area contributed by atoms with Crippen LogP contribution in [0.4, 0.5) is 11.4 Å². The second kappa shape index (κ2) is 10.1. The minimum atomic E-state index is 0.879. The van der Waals surface area contributed by atoms with Gasteiger partial charge < -0.3 is 0 Å². The standard InChI is InChI=1S/C27H31N3/c1-6-7-14-23-15-8-9-16-26(23)28-21(4)24-17-11-18-25(30-24)22(5)29-27-19(2)12-10-13-20(27)3/h8-13,15-18H,6-7,14H2,1-5H3/b28-21+,29-22+. The van der Waals surface area contributed by atoms with Crippen molar-refractivity contribution >= 4 is 22.8 Å². The van der Waals surface area contributed by atoms with Gasteiger partial charge in [-0.15, -0.1) is 0 Å². The van der Waals surface area contributed by atoms with Crippen molar-refractivity contribution in [3.63, 3.8) is 0 Å². The van der Waals surface area contributed by atoms with Crippen LogP contribution in [0.2, 0.25) is 0 Å². The molecule has 0 atom stereocenters. The summed E-state index contributed by atoms with van der Waals surface area (Å²) in [6, 6.07) is 20.7. The SMILES string of the molecule is CCCCc1ccccc1/N=C(\C)c1cccc(/C(C)=N/c2c(C)cccc2C)n1. The largest absolute Gasteiger partial charge is 0.251 e. The van der Waals surface area contributed by atoms with Crippen molar-refractivity contribution in [1.29, 1.82) is 0 Å². The van der Waals surface area contributed by atoms with Crippen LogP contribution in [0.1, 0.15) is 61.7 Å². The second-order valence-corrected chi connectivity index (χ2v) is 7.78. The van der Waals surface area contributed by atoms with Crippen LogP contribution >= 0.6 is 0 Å². The number of pyridine rings is 1. The summed E-state index contributed by atoms with van der Waals surface area (Å²) >= 11 is 0. The molecule has 154 valence electrons. The highest BCUT2D eigenvalue weighted by atomic mass is 14.8. The molecule has 0 aliphatic carbocycles. The summed E-state index contributed by atoms with van der Waals surface area (Å²) in [5.74, 6) is 0. The summed E-state index contributed by atoms with van der Waals surface area (Å²) in [4.78, 5) is 14.6. The van der Waals surface area contributed by atoms with Gasteiger partial charge in [0, 0.05) is 0 Å². The van der Waals surface area contributed by atoms with Crippen molar-refractivity contribution < 1.29 is 0 Å². The van der Waals surface area contributed by atoms with E-state index in [2.05, 4.69) is 57.2 Å². The number of hydrogen-bond acceptors (Lipinski definition) is 3. The number of hydrogen-bond donors (Lipinski definition) is 0. The predicted molar refractivity (Wildman–Crippen MR) is 129 cm³/mol. The van der Waals surface area contributed by atoms with Crippen LogP contribution < -0.4 is 0 Å². The molecule has 0 spiro atoms. The molecule has 0 saturated carbocycles. The molecule has 0 amide bonds. The number of para-hydroxylation sites is 2. The van der Waals surface area contributed by atoms with Gasteiger partial charge in [-0.25, -0.2) is 4.98 Å². The molecule has 0 unspecified atom stereocenters. The van der Waals surface area contributed by atoms with E-state index in [1.54, 1.807) is 0 Å². The topological polar surface area (TPSA) is 37.6 Å². The Morgan fingerprint density at radius 1 is 0.767 bits per heavy atom. The number of aliphatic imine (C=N–C) groups is 2. The average molecular weight is 398 g/mol. The van der Waals surface area contributed by atoms with Gasteiger partial charge in [0.2, 0.25) is 0 Å². The quantitative estimate of drug-likeness (QED) is 0.385. The first kappa shape index (κ1) is 21.6. The van der Waals surface area contributed by atoms with Gasteiger partial charge >= 0.3 is 0 Å². The third kappa shape index (κ3) is 5.29. The van der Waals surface area contributed by atoms with E-state index in [-0.39, 0.29) is 0 Å². The van der Waals surface area contributed by atoms with Crippen molar-refractivity contribution in [3.05, 3.63) is 88.7 Å². The number of aromatic nitrogens is 1. The zero-order chi connectivity index (χ0) is 21.5. The van der Waals surface area contributed by atoms with Crippen LogP contribution in [0, 0.1) is 13.8 Å². The molecule has 0 N–H and O–H groups in total. The maximum Gasteiger partial charge on any atom is 0.0849 e. The zero-order valence-electron chi connectivity index (χ0n) is 18.7. The fourth-order valence-corrected chi connectivity index (χ4v) is 3.48. The van der Waals surface area contributed by atoms with Crippen molar-refractivity contribution in [1.82, 2.24) is 4.98 Å². The lowest BCUT2D eigenvalue weighted by Crippen LogP contribution is -2.05. The van der Waals surface area contributed by atoms with Crippen molar-refractivity contribution in [3.8, 4) is 0 Å². The van der Waals surface area contributed by atoms with Crippen LogP contribution in [0.25, 0.3) is 0 Å². The Morgan fingerprint density at radius 2 is 1.37 bits per heavy atom. The van der Waals surface area contributed by atoms with Gasteiger partial charge in [0.15, 0.2) is 0 Å². The molecule has 30 heavy (non-hydrogen) atoms. The summed E-state index contributed by atoms with van der Waals surface area (Å²) in [6.07, 6.45) is 3.41. The number of nitrogens with zero attached hydrogens (tertiary/aromatic N) is 3. The summed E-state index contributed by atoms with van der Waals surface area (Å²) in [5.41, 5.74) is 9.29. The first-order valence-corrected chi connectivity index (χ1v) is 10.7. The predicted octanol–water partition coefficient (Wildman–Crippen LogP) is 7.32. The minimum Gasteiger partial charge on any atom is -0.251 e. The zero-order valence-corrected chi connectivity index (χ0v) is 18.7. The van der Waals surface area contributed by atoms with Gasteiger partial charge in [-0.05, 0) is 75.4 Å². The third-order valence-electron chi connectivity index (χ3n) is 5.29. The van der Waals surface area contributed by atoms with Gasteiger partial charge in [-0.3, -0.25) is 9.98 Å². The Bertz CT molecular complexity index is 1060. The molecule has 0 saturated heterocycles. The van der Waals surface area contributed by atoms with E-state index in [4.69, 9.17) is 15.0 Å². The Labute approximate surface area is 180 Å². The Hall–Kier alpha value is -3.07. The van der Waals surface area contributed by atoms with Gasteiger partial charge in [0.25, 0.3) is 0 Å². The van der Waals surface area contributed by atoms with Crippen LogP contribution in [-0.4, -0.2) is 16.4 Å². The molecule has 3 nitrogen and oxygen atoms in total. The third-order valence-corrected chi connectivity index (χ3v) is 5.29. The van der Waals surface area contributed by atoms with Crippen LogP contribution in [0.15, 0.2) is 70.6 Å². The monoisotopic (exact) mass is 397 g/mol. The number of rotatable bonds is 7. The van der Waals surface area contributed by atoms with Crippen molar-refractivity contribution in [2.45, 2.75) is 53.9 Å². The summed E-state index contributed by atoms with van der Waals surface area (Å²) in [5, 5.41) is 0. The smallest absolute Gasteiger partial charge is 0.0849 e. The molecule has 0 aliphatic rings. The van der Waals surface area contributed by atoms with Gasteiger partial charge in [-0.1, -0.05) is 55.8 Å². The Balaban J connectivity index is 1.92. The van der Waals surface area contributed by atoms with E-state index in [1.807, 2.05) is 38.1 Å². The first-order chi connectivity index (χ1) is 14.5. The Kier molecular flexibility index (Phi) is 7.29. The fourth-order valence-electron chi connectivity index (χ4n) is 3.48. The van der Waals surface area contributed by atoms with E-state index in [1.165, 1.54) is 29.5 Å². The molecule has 1 aromatic heterocycles. The van der Waals surface area contributed by atoms with Crippen LogP contribution in [0.3, 0.4) is 0 Å². The number of aryl methyl sites for hydroxylation is 3. The molecule has 3 heteroatoms. The number of unbranched alkanes of at least 4 members (excludes halogenated alkanes) is 1. The molecular weight excluding hydrogens is 366 g/mol. The molecule has 0 radical (unpaired) electrons. The highest BCUT2D eigenvalue weighted by Crippen LogP contribution is 2.24. The first-order valence-electron chi connectivity index (χ1n) is 10.7.